The lowest BCUT2D eigenvalue weighted by atomic mass is 10.00. The Kier molecular flexibility index (Phi) is 6.68. The Morgan fingerprint density at radius 2 is 1.85 bits per heavy atom. The number of carbonyl (C=O) groups is 1. The van der Waals surface area contributed by atoms with E-state index in [2.05, 4.69) is 10.3 Å². The van der Waals surface area contributed by atoms with Gasteiger partial charge in [-0.15, -0.1) is 0 Å². The molecule has 1 aromatic heterocycles. The number of nitrogens with zero attached hydrogens (tertiary/aromatic N) is 1. The van der Waals surface area contributed by atoms with E-state index in [1.165, 1.54) is 17.8 Å². The van der Waals surface area contributed by atoms with Gasteiger partial charge in [-0.3, -0.25) is 9.78 Å². The number of hydrogen-bond donors (Lipinski definition) is 1. The number of halogens is 3. The number of nitrogens with one attached hydrogen (secondary N) is 1. The topological polar surface area (TPSA) is 42.0 Å². The highest BCUT2D eigenvalue weighted by Crippen LogP contribution is 2.35. The number of rotatable bonds is 6. The molecule has 33 heavy (non-hydrogen) atoms. The van der Waals surface area contributed by atoms with Gasteiger partial charge in [-0.05, 0) is 43.7 Å². The van der Waals surface area contributed by atoms with Gasteiger partial charge < -0.3 is 5.32 Å². The maximum absolute atomic E-state index is 15.0. The lowest BCUT2D eigenvalue weighted by Crippen LogP contribution is -2.35. The first-order valence-corrected chi connectivity index (χ1v) is 11.5. The predicted octanol–water partition coefficient (Wildman–Crippen LogP) is 7.18. The molecule has 0 aliphatic carbocycles. The fourth-order valence-corrected chi connectivity index (χ4v) is 4.94. The minimum Gasteiger partial charge on any atom is -0.346 e. The van der Waals surface area contributed by atoms with E-state index in [1.807, 2.05) is 25.1 Å². The van der Waals surface area contributed by atoms with E-state index in [4.69, 9.17) is 11.6 Å². The maximum atomic E-state index is 15.0. The van der Waals surface area contributed by atoms with Crippen LogP contribution in [0.25, 0.3) is 10.9 Å². The van der Waals surface area contributed by atoms with E-state index >= 15 is 0 Å². The Morgan fingerprint density at radius 3 is 2.61 bits per heavy atom. The van der Waals surface area contributed by atoms with Crippen LogP contribution < -0.4 is 5.32 Å². The number of aryl methyl sites for hydroxylation is 2. The molecule has 4 aromatic rings. The van der Waals surface area contributed by atoms with Crippen LogP contribution in [-0.4, -0.2) is 17.4 Å². The Balaban J connectivity index is 1.66. The molecule has 0 saturated carbocycles. The van der Waals surface area contributed by atoms with Crippen molar-refractivity contribution in [3.8, 4) is 0 Å². The van der Waals surface area contributed by atoms with E-state index in [0.717, 1.165) is 10.5 Å². The van der Waals surface area contributed by atoms with Crippen LogP contribution in [0.15, 0.2) is 82.7 Å². The molecule has 0 aliphatic rings. The van der Waals surface area contributed by atoms with Crippen LogP contribution in [-0.2, 0) is 5.92 Å². The second kappa shape index (κ2) is 9.49. The van der Waals surface area contributed by atoms with Gasteiger partial charge in [0.05, 0.1) is 17.6 Å². The SMILES string of the molecule is Cc1ccc(C(F)(F)CNC(=O)c2c(Sc3cccc(Cl)c3)cnc3ccccc23)c(C)c1. The van der Waals surface area contributed by atoms with Gasteiger partial charge in [0.1, 0.15) is 0 Å². The van der Waals surface area contributed by atoms with Gasteiger partial charge in [-0.2, -0.15) is 8.78 Å². The van der Waals surface area contributed by atoms with Crippen molar-refractivity contribution in [1.82, 2.24) is 10.3 Å². The summed E-state index contributed by atoms with van der Waals surface area (Å²) in [6.45, 7) is 2.69. The normalized spacial score (nSPS) is 11.5. The van der Waals surface area contributed by atoms with E-state index < -0.39 is 18.4 Å². The second-order valence-electron chi connectivity index (χ2n) is 7.78. The van der Waals surface area contributed by atoms with Gasteiger partial charge in [0.15, 0.2) is 0 Å². The molecule has 1 heterocycles. The van der Waals surface area contributed by atoms with Gasteiger partial charge in [0.25, 0.3) is 11.8 Å². The van der Waals surface area contributed by atoms with Crippen molar-refractivity contribution in [3.05, 3.63) is 100 Å². The average Bonchev–Trinajstić information content (AvgIpc) is 2.77. The van der Waals surface area contributed by atoms with Crippen molar-refractivity contribution >= 4 is 40.2 Å². The largest absolute Gasteiger partial charge is 0.346 e. The monoisotopic (exact) mass is 482 g/mol. The van der Waals surface area contributed by atoms with Gasteiger partial charge in [0, 0.05) is 32.0 Å². The summed E-state index contributed by atoms with van der Waals surface area (Å²) in [6.07, 6.45) is 1.59. The molecule has 0 radical (unpaired) electrons. The average molecular weight is 483 g/mol. The molecule has 0 bridgehead atoms. The van der Waals surface area contributed by atoms with E-state index in [1.54, 1.807) is 55.6 Å². The molecule has 0 fully saturated rings. The zero-order valence-electron chi connectivity index (χ0n) is 18.0. The van der Waals surface area contributed by atoms with Crippen LogP contribution in [0.2, 0.25) is 5.02 Å². The molecule has 7 heteroatoms. The summed E-state index contributed by atoms with van der Waals surface area (Å²) in [7, 11) is 0. The summed E-state index contributed by atoms with van der Waals surface area (Å²) in [6, 6.07) is 19.1. The number of carbonyl (C=O) groups excluding carboxylic acids is 1. The van der Waals surface area contributed by atoms with Crippen LogP contribution in [0.5, 0.6) is 0 Å². The molecule has 0 atom stereocenters. The van der Waals surface area contributed by atoms with Gasteiger partial charge >= 0.3 is 0 Å². The molecule has 3 nitrogen and oxygen atoms in total. The molecule has 168 valence electrons. The van der Waals surface area contributed by atoms with E-state index in [9.17, 15) is 13.6 Å². The standard InChI is InChI=1S/C26H21ClF2N2OS/c1-16-10-11-21(17(2)12-16)26(28,29)15-31-25(32)24-20-8-3-4-9-22(20)30-14-23(24)33-19-7-5-6-18(27)13-19/h3-14H,15H2,1-2H3,(H,31,32). The van der Waals surface area contributed by atoms with Crippen molar-refractivity contribution in [2.24, 2.45) is 0 Å². The number of hydrogen-bond acceptors (Lipinski definition) is 3. The fourth-order valence-electron chi connectivity index (χ4n) is 3.69. The molecule has 4 rings (SSSR count). The maximum Gasteiger partial charge on any atom is 0.290 e. The lowest BCUT2D eigenvalue weighted by Gasteiger charge is -2.20. The van der Waals surface area contributed by atoms with Crippen molar-refractivity contribution < 1.29 is 13.6 Å². The molecule has 0 spiro atoms. The molecule has 1 amide bonds. The third-order valence-electron chi connectivity index (χ3n) is 5.24. The summed E-state index contributed by atoms with van der Waals surface area (Å²) in [4.78, 5) is 19.1. The van der Waals surface area contributed by atoms with Crippen molar-refractivity contribution in [2.75, 3.05) is 6.54 Å². The third kappa shape index (κ3) is 5.18. The van der Waals surface area contributed by atoms with Crippen LogP contribution in [0, 0.1) is 13.8 Å². The molecule has 0 aliphatic heterocycles. The van der Waals surface area contributed by atoms with Crippen molar-refractivity contribution in [3.63, 3.8) is 0 Å². The molecule has 1 N–H and O–H groups in total. The third-order valence-corrected chi connectivity index (χ3v) is 6.49. The zero-order chi connectivity index (χ0) is 23.6. The van der Waals surface area contributed by atoms with E-state index in [-0.39, 0.29) is 5.56 Å². The highest BCUT2D eigenvalue weighted by Gasteiger charge is 2.34. The Bertz CT molecular complexity index is 1340. The highest BCUT2D eigenvalue weighted by atomic mass is 35.5. The number of pyridine rings is 1. The summed E-state index contributed by atoms with van der Waals surface area (Å²) >= 11 is 7.41. The smallest absolute Gasteiger partial charge is 0.290 e. The van der Waals surface area contributed by atoms with Gasteiger partial charge in [-0.1, -0.05) is 71.4 Å². The molecule has 0 saturated heterocycles. The van der Waals surface area contributed by atoms with Gasteiger partial charge in [-0.25, -0.2) is 0 Å². The Hall–Kier alpha value is -2.96. The zero-order valence-corrected chi connectivity index (χ0v) is 19.6. The summed E-state index contributed by atoms with van der Waals surface area (Å²) in [5, 5.41) is 3.61. The number of benzene rings is 3. The first-order chi connectivity index (χ1) is 15.7. The number of amides is 1. The molecule has 3 aromatic carbocycles. The highest BCUT2D eigenvalue weighted by molar-refractivity contribution is 7.99. The molecular weight excluding hydrogens is 462 g/mol. The Morgan fingerprint density at radius 1 is 1.06 bits per heavy atom. The number of aromatic nitrogens is 1. The van der Waals surface area contributed by atoms with Crippen LogP contribution in [0.4, 0.5) is 8.78 Å². The summed E-state index contributed by atoms with van der Waals surface area (Å²) in [5.41, 5.74) is 2.21. The first-order valence-electron chi connectivity index (χ1n) is 10.3. The fraction of sp³-hybridized carbons (Fsp3) is 0.154. The van der Waals surface area contributed by atoms with Crippen LogP contribution in [0.1, 0.15) is 27.0 Å². The minimum absolute atomic E-state index is 0.0958. The van der Waals surface area contributed by atoms with Crippen LogP contribution in [0.3, 0.4) is 0 Å². The number of para-hydroxylation sites is 1. The summed E-state index contributed by atoms with van der Waals surface area (Å²) < 4.78 is 30.0. The lowest BCUT2D eigenvalue weighted by molar-refractivity contribution is -0.00308. The quantitative estimate of drug-likeness (QED) is 0.316. The summed E-state index contributed by atoms with van der Waals surface area (Å²) in [5.74, 6) is -3.79. The molecule has 0 unspecified atom stereocenters. The number of fused-ring (bicyclic) bond motifs is 1. The second-order valence-corrected chi connectivity index (χ2v) is 9.33. The van der Waals surface area contributed by atoms with Crippen molar-refractivity contribution in [1.29, 1.82) is 0 Å². The van der Waals surface area contributed by atoms with Crippen molar-refractivity contribution in [2.45, 2.75) is 29.6 Å². The number of alkyl halides is 2. The first kappa shape index (κ1) is 23.2. The minimum atomic E-state index is -3.21. The molecular formula is C26H21ClF2N2OS. The Labute approximate surface area is 200 Å². The van der Waals surface area contributed by atoms with Gasteiger partial charge in [0.2, 0.25) is 0 Å². The predicted molar refractivity (Wildman–Crippen MR) is 129 cm³/mol. The van der Waals surface area contributed by atoms with Crippen LogP contribution >= 0.6 is 23.4 Å². The van der Waals surface area contributed by atoms with E-state index in [0.29, 0.717) is 31.9 Å².